The largest absolute Gasteiger partial charge is 0.444 e. The number of amides is 1. The third-order valence-electron chi connectivity index (χ3n) is 3.05. The second kappa shape index (κ2) is 11.8. The molecule has 10 nitrogen and oxygen atoms in total. The van der Waals surface area contributed by atoms with E-state index in [1.54, 1.807) is 39.0 Å². The van der Waals surface area contributed by atoms with Crippen LogP contribution in [-0.2, 0) is 19.1 Å². The molecule has 0 atom stereocenters. The molecule has 0 fully saturated rings. The zero-order valence-corrected chi connectivity index (χ0v) is 16.3. The van der Waals surface area contributed by atoms with Crippen LogP contribution in [0, 0.1) is 10.1 Å². The Bertz CT molecular complexity index is 657. The second-order valence-corrected chi connectivity index (χ2v) is 6.76. The molecule has 0 aliphatic rings. The standard InChI is InChI=1S/C18H26N2O8/c1-18(2,3)28-17(22)19-14-7-6-8-15(13-14)27-16(21)9-4-5-10-25-11-12-26-20(23)24/h6-8,13H,4-5,9-12H2,1-3H3,(H,19,22). The number of benzene rings is 1. The normalized spacial score (nSPS) is 10.8. The fraction of sp³-hybridized carbons (Fsp3) is 0.556. The molecular formula is C18H26N2O8. The van der Waals surface area contributed by atoms with Gasteiger partial charge in [0, 0.05) is 24.8 Å². The maximum atomic E-state index is 11.9. The van der Waals surface area contributed by atoms with Crippen molar-refractivity contribution in [1.29, 1.82) is 0 Å². The van der Waals surface area contributed by atoms with E-state index < -0.39 is 22.8 Å². The predicted octanol–water partition coefficient (Wildman–Crippen LogP) is 3.33. The quantitative estimate of drug-likeness (QED) is 0.198. The molecule has 0 aliphatic heterocycles. The number of hydrogen-bond acceptors (Lipinski definition) is 8. The van der Waals surface area contributed by atoms with Crippen LogP contribution < -0.4 is 10.1 Å². The fourth-order valence-corrected chi connectivity index (χ4v) is 1.99. The molecule has 156 valence electrons. The summed E-state index contributed by atoms with van der Waals surface area (Å²) in [5, 5.41) is 11.6. The lowest BCUT2D eigenvalue weighted by atomic mass is 10.2. The minimum atomic E-state index is -0.878. The lowest BCUT2D eigenvalue weighted by molar-refractivity contribution is -0.758. The molecule has 1 rings (SSSR count). The molecule has 0 aliphatic carbocycles. The van der Waals surface area contributed by atoms with Crippen LogP contribution in [0.3, 0.4) is 0 Å². The third-order valence-corrected chi connectivity index (χ3v) is 3.05. The van der Waals surface area contributed by atoms with Gasteiger partial charge in [0.15, 0.2) is 0 Å². The molecule has 1 aromatic carbocycles. The summed E-state index contributed by atoms with van der Waals surface area (Å²) >= 11 is 0. The van der Waals surface area contributed by atoms with E-state index in [9.17, 15) is 19.7 Å². The molecule has 0 saturated heterocycles. The Morgan fingerprint density at radius 3 is 2.57 bits per heavy atom. The summed E-state index contributed by atoms with van der Waals surface area (Å²) in [6.07, 6.45) is 0.747. The predicted molar refractivity (Wildman–Crippen MR) is 99.6 cm³/mol. The summed E-state index contributed by atoms with van der Waals surface area (Å²) in [5.74, 6) is -0.0992. The van der Waals surface area contributed by atoms with Crippen molar-refractivity contribution in [1.82, 2.24) is 0 Å². The van der Waals surface area contributed by atoms with Crippen LogP contribution in [0.2, 0.25) is 0 Å². The number of hydrogen-bond donors (Lipinski definition) is 1. The van der Waals surface area contributed by atoms with Crippen LogP contribution in [-0.4, -0.2) is 42.6 Å². The number of anilines is 1. The Balaban J connectivity index is 2.27. The van der Waals surface area contributed by atoms with E-state index in [-0.39, 0.29) is 19.6 Å². The summed E-state index contributed by atoms with van der Waals surface area (Å²) in [6.45, 7) is 5.64. The first kappa shape index (κ1) is 23.2. The summed E-state index contributed by atoms with van der Waals surface area (Å²) in [5.41, 5.74) is -0.165. The number of nitrogens with zero attached hydrogens (tertiary/aromatic N) is 1. The van der Waals surface area contributed by atoms with Gasteiger partial charge in [-0.05, 0) is 45.7 Å². The number of carbonyl (C=O) groups excluding carboxylic acids is 2. The van der Waals surface area contributed by atoms with Crippen molar-refractivity contribution in [2.75, 3.05) is 25.1 Å². The molecule has 28 heavy (non-hydrogen) atoms. The molecule has 0 saturated carbocycles. The fourth-order valence-electron chi connectivity index (χ4n) is 1.99. The van der Waals surface area contributed by atoms with Crippen LogP contribution in [0.1, 0.15) is 40.0 Å². The molecule has 1 N–H and O–H groups in total. The number of esters is 1. The van der Waals surface area contributed by atoms with Crippen molar-refractivity contribution in [2.24, 2.45) is 0 Å². The highest BCUT2D eigenvalue weighted by molar-refractivity contribution is 5.85. The average molecular weight is 398 g/mol. The molecule has 1 aromatic rings. The van der Waals surface area contributed by atoms with Gasteiger partial charge in [-0.15, -0.1) is 10.1 Å². The van der Waals surface area contributed by atoms with Gasteiger partial charge in [-0.2, -0.15) is 0 Å². The topological polar surface area (TPSA) is 126 Å². The SMILES string of the molecule is CC(C)(C)OC(=O)Nc1cccc(OC(=O)CCCCOCCO[N+](=O)[O-])c1. The van der Waals surface area contributed by atoms with Crippen LogP contribution in [0.4, 0.5) is 10.5 Å². The smallest absolute Gasteiger partial charge is 0.412 e. The van der Waals surface area contributed by atoms with Crippen LogP contribution in [0.25, 0.3) is 0 Å². The molecule has 0 heterocycles. The summed E-state index contributed by atoms with van der Waals surface area (Å²) in [4.78, 5) is 37.7. The highest BCUT2D eigenvalue weighted by Gasteiger charge is 2.16. The number of carbonyl (C=O) groups is 2. The minimum absolute atomic E-state index is 0.114. The van der Waals surface area contributed by atoms with Gasteiger partial charge >= 0.3 is 12.1 Å². The number of rotatable bonds is 11. The first-order chi connectivity index (χ1) is 13.2. The Kier molecular flexibility index (Phi) is 9.72. The molecule has 1 amide bonds. The maximum absolute atomic E-state index is 11.9. The Morgan fingerprint density at radius 2 is 1.89 bits per heavy atom. The number of ether oxygens (including phenoxy) is 3. The molecule has 0 unspecified atom stereocenters. The maximum Gasteiger partial charge on any atom is 0.412 e. The Labute approximate surface area is 163 Å². The molecule has 0 radical (unpaired) electrons. The van der Waals surface area contributed by atoms with Crippen LogP contribution >= 0.6 is 0 Å². The van der Waals surface area contributed by atoms with E-state index in [2.05, 4.69) is 10.2 Å². The van der Waals surface area contributed by atoms with Gasteiger partial charge in [0.2, 0.25) is 0 Å². The highest BCUT2D eigenvalue weighted by Crippen LogP contribution is 2.19. The van der Waals surface area contributed by atoms with Gasteiger partial charge in [0.1, 0.15) is 18.0 Å². The first-order valence-corrected chi connectivity index (χ1v) is 8.81. The lowest BCUT2D eigenvalue weighted by Crippen LogP contribution is -2.27. The molecule has 10 heteroatoms. The zero-order valence-electron chi connectivity index (χ0n) is 16.3. The summed E-state index contributed by atoms with van der Waals surface area (Å²) in [6, 6.07) is 6.44. The van der Waals surface area contributed by atoms with E-state index in [0.717, 1.165) is 0 Å². The van der Waals surface area contributed by atoms with Crippen LogP contribution in [0.15, 0.2) is 24.3 Å². The second-order valence-electron chi connectivity index (χ2n) is 6.76. The van der Waals surface area contributed by atoms with Crippen molar-refractivity contribution < 1.29 is 33.7 Å². The summed E-state index contributed by atoms with van der Waals surface area (Å²) < 4.78 is 15.5. The van der Waals surface area contributed by atoms with Crippen molar-refractivity contribution in [3.63, 3.8) is 0 Å². The monoisotopic (exact) mass is 398 g/mol. The molecular weight excluding hydrogens is 372 g/mol. The summed E-state index contributed by atoms with van der Waals surface area (Å²) in [7, 11) is 0. The number of unbranched alkanes of at least 4 members (excludes halogenated alkanes) is 1. The Hall–Kier alpha value is -2.88. The van der Waals surface area contributed by atoms with E-state index in [1.165, 1.54) is 6.07 Å². The van der Waals surface area contributed by atoms with Crippen LogP contribution in [0.5, 0.6) is 5.75 Å². The average Bonchev–Trinajstić information content (AvgIpc) is 2.55. The van der Waals surface area contributed by atoms with E-state index >= 15 is 0 Å². The van der Waals surface area contributed by atoms with E-state index in [4.69, 9.17) is 14.2 Å². The third kappa shape index (κ3) is 11.7. The van der Waals surface area contributed by atoms with Gasteiger partial charge < -0.3 is 19.0 Å². The lowest BCUT2D eigenvalue weighted by Gasteiger charge is -2.19. The van der Waals surface area contributed by atoms with Crippen molar-refractivity contribution >= 4 is 17.7 Å². The zero-order chi connectivity index (χ0) is 21.0. The molecule has 0 aromatic heterocycles. The van der Waals surface area contributed by atoms with Crippen molar-refractivity contribution in [3.05, 3.63) is 34.4 Å². The van der Waals surface area contributed by atoms with E-state index in [0.29, 0.717) is 30.9 Å². The van der Waals surface area contributed by atoms with Gasteiger partial charge in [0.05, 0.1) is 6.61 Å². The van der Waals surface area contributed by atoms with E-state index in [1.807, 2.05) is 0 Å². The minimum Gasteiger partial charge on any atom is -0.444 e. The van der Waals surface area contributed by atoms with Gasteiger partial charge in [-0.1, -0.05) is 6.07 Å². The van der Waals surface area contributed by atoms with Crippen molar-refractivity contribution in [3.8, 4) is 5.75 Å². The highest BCUT2D eigenvalue weighted by atomic mass is 17.0. The Morgan fingerprint density at radius 1 is 1.14 bits per heavy atom. The molecule has 0 bridgehead atoms. The number of nitrogens with one attached hydrogen (secondary N) is 1. The first-order valence-electron chi connectivity index (χ1n) is 8.81. The van der Waals surface area contributed by atoms with Gasteiger partial charge in [-0.3, -0.25) is 10.1 Å². The van der Waals surface area contributed by atoms with Gasteiger partial charge in [0.25, 0.3) is 5.09 Å². The van der Waals surface area contributed by atoms with Crippen molar-refractivity contribution in [2.45, 2.75) is 45.6 Å². The van der Waals surface area contributed by atoms with Gasteiger partial charge in [-0.25, -0.2) is 4.79 Å². The molecule has 0 spiro atoms.